The molecule has 4 heteroatoms. The lowest BCUT2D eigenvalue weighted by Crippen LogP contribution is -2.12. The van der Waals surface area contributed by atoms with E-state index in [0.29, 0.717) is 11.5 Å². The third-order valence-corrected chi connectivity index (χ3v) is 5.46. The summed E-state index contributed by atoms with van der Waals surface area (Å²) < 4.78 is 5.85. The number of benzene rings is 2. The zero-order valence-electron chi connectivity index (χ0n) is 15.6. The molecule has 1 amide bonds. The van der Waals surface area contributed by atoms with Crippen LogP contribution in [0, 0.1) is 27.7 Å². The van der Waals surface area contributed by atoms with Gasteiger partial charge in [-0.3, -0.25) is 4.79 Å². The minimum absolute atomic E-state index is 0.0789. The number of rotatable bonds is 5. The molecular formula is C22H23NO2S. The molecule has 134 valence electrons. The number of para-hydroxylation sites is 1. The summed E-state index contributed by atoms with van der Waals surface area (Å²) in [5, 5.41) is 5.00. The molecule has 0 spiro atoms. The van der Waals surface area contributed by atoms with Gasteiger partial charge in [-0.15, -0.1) is 11.3 Å². The van der Waals surface area contributed by atoms with E-state index < -0.39 is 0 Å². The Morgan fingerprint density at radius 3 is 2.38 bits per heavy atom. The number of carbonyl (C=O) groups is 1. The van der Waals surface area contributed by atoms with Crippen LogP contribution in [0.1, 0.15) is 37.5 Å². The summed E-state index contributed by atoms with van der Waals surface area (Å²) in [7, 11) is 0. The molecule has 1 heterocycles. The fourth-order valence-electron chi connectivity index (χ4n) is 2.73. The van der Waals surface area contributed by atoms with Crippen molar-refractivity contribution in [2.75, 3.05) is 5.32 Å². The highest BCUT2D eigenvalue weighted by atomic mass is 32.1. The molecule has 0 atom stereocenters. The van der Waals surface area contributed by atoms with E-state index in [1.165, 1.54) is 22.5 Å². The van der Waals surface area contributed by atoms with Crippen molar-refractivity contribution in [2.24, 2.45) is 0 Å². The highest BCUT2D eigenvalue weighted by Crippen LogP contribution is 2.23. The van der Waals surface area contributed by atoms with Crippen molar-refractivity contribution < 1.29 is 9.53 Å². The molecule has 1 N–H and O–H groups in total. The normalized spacial score (nSPS) is 10.6. The number of anilines is 1. The monoisotopic (exact) mass is 365 g/mol. The van der Waals surface area contributed by atoms with Crippen molar-refractivity contribution in [1.82, 2.24) is 0 Å². The van der Waals surface area contributed by atoms with Crippen LogP contribution < -0.4 is 10.1 Å². The second-order valence-corrected chi connectivity index (χ2v) is 7.49. The molecule has 0 unspecified atom stereocenters. The number of hydrogen-bond donors (Lipinski definition) is 1. The molecule has 0 aliphatic rings. The Hall–Kier alpha value is -2.59. The fourth-order valence-corrected chi connectivity index (χ4v) is 3.52. The molecule has 0 saturated carbocycles. The van der Waals surface area contributed by atoms with Gasteiger partial charge in [0.05, 0.1) is 4.88 Å². The number of nitrogens with one attached hydrogen (secondary N) is 1. The van der Waals surface area contributed by atoms with Crippen LogP contribution in [0.3, 0.4) is 0 Å². The van der Waals surface area contributed by atoms with Crippen LogP contribution >= 0.6 is 11.3 Å². The summed E-state index contributed by atoms with van der Waals surface area (Å²) in [5.41, 5.74) is 6.47. The van der Waals surface area contributed by atoms with Crippen molar-refractivity contribution in [3.05, 3.63) is 80.5 Å². The van der Waals surface area contributed by atoms with Gasteiger partial charge >= 0.3 is 0 Å². The van der Waals surface area contributed by atoms with Crippen LogP contribution in [0.25, 0.3) is 0 Å². The van der Waals surface area contributed by atoms with Gasteiger partial charge in [-0.1, -0.05) is 24.3 Å². The standard InChI is InChI=1S/C22H23NO2S/c1-14-8-9-19(10-17(14)4)25-12-18-11-20(26-13-18)22(24)23-21-15(2)6-5-7-16(21)3/h5-11,13H,12H2,1-4H3,(H,23,24). The maximum absolute atomic E-state index is 12.5. The van der Waals surface area contributed by atoms with E-state index in [0.717, 1.165) is 28.1 Å². The molecule has 0 saturated heterocycles. The number of thiophene rings is 1. The predicted molar refractivity (Wildman–Crippen MR) is 108 cm³/mol. The molecule has 0 fully saturated rings. The lowest BCUT2D eigenvalue weighted by molar-refractivity contribution is 0.103. The Kier molecular flexibility index (Phi) is 5.43. The molecule has 2 aromatic carbocycles. The van der Waals surface area contributed by atoms with Gasteiger partial charge in [0.25, 0.3) is 5.91 Å². The Morgan fingerprint density at radius 2 is 1.69 bits per heavy atom. The zero-order chi connectivity index (χ0) is 18.7. The lowest BCUT2D eigenvalue weighted by Gasteiger charge is -2.10. The summed E-state index contributed by atoms with van der Waals surface area (Å²) in [6, 6.07) is 14.0. The first kappa shape index (κ1) is 18.2. The Morgan fingerprint density at radius 1 is 0.962 bits per heavy atom. The summed E-state index contributed by atoms with van der Waals surface area (Å²) in [6.07, 6.45) is 0. The Bertz CT molecular complexity index is 923. The first-order valence-corrected chi connectivity index (χ1v) is 9.47. The topological polar surface area (TPSA) is 38.3 Å². The smallest absolute Gasteiger partial charge is 0.265 e. The van der Waals surface area contributed by atoms with Gasteiger partial charge in [-0.05, 0) is 73.5 Å². The molecule has 3 aromatic rings. The van der Waals surface area contributed by atoms with E-state index in [1.54, 1.807) is 0 Å². The number of carbonyl (C=O) groups excluding carboxylic acids is 1. The van der Waals surface area contributed by atoms with Gasteiger partial charge in [-0.2, -0.15) is 0 Å². The van der Waals surface area contributed by atoms with Crippen molar-refractivity contribution in [3.8, 4) is 5.75 Å². The average molecular weight is 365 g/mol. The third kappa shape index (κ3) is 4.14. The van der Waals surface area contributed by atoms with E-state index in [2.05, 4.69) is 25.2 Å². The van der Waals surface area contributed by atoms with E-state index in [-0.39, 0.29) is 5.91 Å². The van der Waals surface area contributed by atoms with Crippen LogP contribution in [-0.4, -0.2) is 5.91 Å². The quantitative estimate of drug-likeness (QED) is 0.619. The Labute approximate surface area is 158 Å². The fraction of sp³-hybridized carbons (Fsp3) is 0.227. The molecule has 0 aliphatic heterocycles. The Balaban J connectivity index is 1.65. The molecule has 0 bridgehead atoms. The highest BCUT2D eigenvalue weighted by molar-refractivity contribution is 7.12. The SMILES string of the molecule is Cc1ccc(OCc2csc(C(=O)Nc3c(C)cccc3C)c2)cc1C. The van der Waals surface area contributed by atoms with Gasteiger partial charge in [-0.25, -0.2) is 0 Å². The summed E-state index contributed by atoms with van der Waals surface area (Å²) >= 11 is 1.44. The summed E-state index contributed by atoms with van der Waals surface area (Å²) in [6.45, 7) is 8.61. The largest absolute Gasteiger partial charge is 0.489 e. The third-order valence-electron chi connectivity index (χ3n) is 4.48. The second kappa shape index (κ2) is 7.75. The molecule has 3 rings (SSSR count). The summed E-state index contributed by atoms with van der Waals surface area (Å²) in [4.78, 5) is 13.2. The molecule has 0 aliphatic carbocycles. The number of amides is 1. The minimum Gasteiger partial charge on any atom is -0.489 e. The molecule has 1 aromatic heterocycles. The minimum atomic E-state index is -0.0789. The van der Waals surface area contributed by atoms with E-state index in [9.17, 15) is 4.79 Å². The van der Waals surface area contributed by atoms with Gasteiger partial charge in [0, 0.05) is 11.3 Å². The number of aryl methyl sites for hydroxylation is 4. The van der Waals surface area contributed by atoms with Crippen LogP contribution in [0.15, 0.2) is 47.8 Å². The van der Waals surface area contributed by atoms with Crippen molar-refractivity contribution in [1.29, 1.82) is 0 Å². The molecule has 0 radical (unpaired) electrons. The van der Waals surface area contributed by atoms with Gasteiger partial charge in [0.1, 0.15) is 12.4 Å². The predicted octanol–water partition coefficient (Wildman–Crippen LogP) is 5.81. The first-order valence-electron chi connectivity index (χ1n) is 8.59. The van der Waals surface area contributed by atoms with Crippen molar-refractivity contribution >= 4 is 22.9 Å². The van der Waals surface area contributed by atoms with Gasteiger partial charge in [0.2, 0.25) is 0 Å². The van der Waals surface area contributed by atoms with Gasteiger partial charge < -0.3 is 10.1 Å². The van der Waals surface area contributed by atoms with Crippen LogP contribution in [-0.2, 0) is 6.61 Å². The van der Waals surface area contributed by atoms with Crippen molar-refractivity contribution in [3.63, 3.8) is 0 Å². The van der Waals surface area contributed by atoms with Crippen molar-refractivity contribution in [2.45, 2.75) is 34.3 Å². The molecule has 26 heavy (non-hydrogen) atoms. The average Bonchev–Trinajstić information content (AvgIpc) is 3.08. The number of hydrogen-bond acceptors (Lipinski definition) is 3. The molecular weight excluding hydrogens is 342 g/mol. The summed E-state index contributed by atoms with van der Waals surface area (Å²) in [5.74, 6) is 0.769. The first-order chi connectivity index (χ1) is 12.4. The van der Waals surface area contributed by atoms with E-state index in [1.807, 2.05) is 55.6 Å². The number of ether oxygens (including phenoxy) is 1. The molecule has 3 nitrogen and oxygen atoms in total. The maximum Gasteiger partial charge on any atom is 0.265 e. The maximum atomic E-state index is 12.5. The van der Waals surface area contributed by atoms with Crippen LogP contribution in [0.2, 0.25) is 0 Å². The van der Waals surface area contributed by atoms with Crippen LogP contribution in [0.5, 0.6) is 5.75 Å². The second-order valence-electron chi connectivity index (χ2n) is 6.57. The van der Waals surface area contributed by atoms with E-state index >= 15 is 0 Å². The lowest BCUT2D eigenvalue weighted by atomic mass is 10.1. The van der Waals surface area contributed by atoms with Gasteiger partial charge in [0.15, 0.2) is 0 Å². The van der Waals surface area contributed by atoms with E-state index in [4.69, 9.17) is 4.74 Å². The zero-order valence-corrected chi connectivity index (χ0v) is 16.4. The highest BCUT2D eigenvalue weighted by Gasteiger charge is 2.12. The van der Waals surface area contributed by atoms with Crippen LogP contribution in [0.4, 0.5) is 5.69 Å².